The lowest BCUT2D eigenvalue weighted by molar-refractivity contribution is -0.264. The zero-order valence-electron chi connectivity index (χ0n) is 7.79. The summed E-state index contributed by atoms with van der Waals surface area (Å²) in [4.78, 5) is 0. The summed E-state index contributed by atoms with van der Waals surface area (Å²) in [5.74, 6) is 0. The molecule has 0 aromatic heterocycles. The van der Waals surface area contributed by atoms with Crippen LogP contribution in [0.4, 0.5) is 0 Å². The molecule has 0 spiro atoms. The zero-order chi connectivity index (χ0) is 8.65. The molecule has 1 heterocycles. The van der Waals surface area contributed by atoms with Gasteiger partial charge >= 0.3 is 0 Å². The molecule has 66 valence electrons. The fourth-order valence-corrected chi connectivity index (χ4v) is 2.00. The average Bonchev–Trinajstić information content (AvgIpc) is 1.85. The van der Waals surface area contributed by atoms with Crippen LogP contribution in [0.25, 0.3) is 0 Å². The van der Waals surface area contributed by atoms with E-state index in [1.807, 2.05) is 0 Å². The highest BCUT2D eigenvalue weighted by Gasteiger charge is 2.50. The third kappa shape index (κ3) is 1.30. The van der Waals surface area contributed by atoms with E-state index in [1.165, 1.54) is 0 Å². The Hall–Kier alpha value is -0.0800. The van der Waals surface area contributed by atoms with Crippen molar-refractivity contribution in [1.29, 1.82) is 0 Å². The van der Waals surface area contributed by atoms with Crippen molar-refractivity contribution in [3.8, 4) is 0 Å². The maximum Gasteiger partial charge on any atom is 0.0910 e. The van der Waals surface area contributed by atoms with Crippen molar-refractivity contribution < 1.29 is 9.84 Å². The van der Waals surface area contributed by atoms with Gasteiger partial charge in [-0.15, -0.1) is 0 Å². The predicted octanol–water partition coefficient (Wildman–Crippen LogP) is 1.57. The van der Waals surface area contributed by atoms with Gasteiger partial charge in [-0.1, -0.05) is 20.8 Å². The number of aliphatic hydroxyl groups is 1. The van der Waals surface area contributed by atoms with Crippen molar-refractivity contribution in [3.05, 3.63) is 0 Å². The largest absolute Gasteiger partial charge is 0.391 e. The Bertz CT molecular complexity index is 140. The first-order valence-corrected chi connectivity index (χ1v) is 4.33. The van der Waals surface area contributed by atoms with Crippen LogP contribution < -0.4 is 0 Å². The van der Waals surface area contributed by atoms with Crippen LogP contribution in [0.3, 0.4) is 0 Å². The lowest BCUT2D eigenvalue weighted by atomic mass is 9.72. The topological polar surface area (TPSA) is 29.5 Å². The lowest BCUT2D eigenvalue weighted by Crippen LogP contribution is -2.60. The van der Waals surface area contributed by atoms with Crippen molar-refractivity contribution in [1.82, 2.24) is 0 Å². The summed E-state index contributed by atoms with van der Waals surface area (Å²) in [6, 6.07) is 0. The van der Waals surface area contributed by atoms with Gasteiger partial charge in [-0.25, -0.2) is 0 Å². The van der Waals surface area contributed by atoms with E-state index in [-0.39, 0.29) is 17.6 Å². The SMILES string of the molecule is CC[C@@H]1O[C@H](C(C)O)C1(C)C. The van der Waals surface area contributed by atoms with E-state index in [0.29, 0.717) is 6.10 Å². The number of rotatable bonds is 2. The van der Waals surface area contributed by atoms with Gasteiger partial charge in [0, 0.05) is 5.41 Å². The molecule has 0 bridgehead atoms. The highest BCUT2D eigenvalue weighted by atomic mass is 16.5. The van der Waals surface area contributed by atoms with Gasteiger partial charge in [0.05, 0.1) is 18.3 Å². The van der Waals surface area contributed by atoms with E-state index >= 15 is 0 Å². The first-order valence-electron chi connectivity index (χ1n) is 4.33. The quantitative estimate of drug-likeness (QED) is 0.661. The molecule has 1 rings (SSSR count). The molecule has 11 heavy (non-hydrogen) atoms. The maximum atomic E-state index is 9.30. The second kappa shape index (κ2) is 2.76. The molecule has 1 N–H and O–H groups in total. The molecule has 2 nitrogen and oxygen atoms in total. The van der Waals surface area contributed by atoms with Crippen LogP contribution in [-0.2, 0) is 4.74 Å². The summed E-state index contributed by atoms with van der Waals surface area (Å²) >= 11 is 0. The minimum absolute atomic E-state index is 0.0347. The standard InChI is InChI=1S/C9H18O2/c1-5-7-9(3,4)8(11-7)6(2)10/h6-8,10H,5H2,1-4H3/t6?,7-,8+/m0/s1. The fraction of sp³-hybridized carbons (Fsp3) is 1.00. The lowest BCUT2D eigenvalue weighted by Gasteiger charge is -2.53. The van der Waals surface area contributed by atoms with Crippen molar-refractivity contribution >= 4 is 0 Å². The molecule has 1 saturated heterocycles. The Morgan fingerprint density at radius 3 is 2.36 bits per heavy atom. The molecular weight excluding hydrogens is 140 g/mol. The van der Waals surface area contributed by atoms with Gasteiger partial charge < -0.3 is 9.84 Å². The molecular formula is C9H18O2. The van der Waals surface area contributed by atoms with Crippen molar-refractivity contribution in [3.63, 3.8) is 0 Å². The smallest absolute Gasteiger partial charge is 0.0910 e. The van der Waals surface area contributed by atoms with Crippen LogP contribution >= 0.6 is 0 Å². The second-order valence-corrected chi connectivity index (χ2v) is 4.02. The molecule has 1 aliphatic heterocycles. The summed E-state index contributed by atoms with van der Waals surface area (Å²) < 4.78 is 5.52. The minimum Gasteiger partial charge on any atom is -0.391 e. The van der Waals surface area contributed by atoms with Gasteiger partial charge in [0.2, 0.25) is 0 Å². The average molecular weight is 158 g/mol. The van der Waals surface area contributed by atoms with Crippen LogP contribution in [-0.4, -0.2) is 23.4 Å². The summed E-state index contributed by atoms with van der Waals surface area (Å²) in [5.41, 5.74) is 0.156. The minimum atomic E-state index is -0.340. The normalized spacial score (nSPS) is 37.9. The molecule has 0 aromatic carbocycles. The van der Waals surface area contributed by atoms with E-state index in [1.54, 1.807) is 6.92 Å². The highest BCUT2D eigenvalue weighted by Crippen LogP contribution is 2.43. The highest BCUT2D eigenvalue weighted by molar-refractivity contribution is 4.97. The van der Waals surface area contributed by atoms with E-state index in [4.69, 9.17) is 4.74 Å². The molecule has 0 radical (unpaired) electrons. The first kappa shape index (κ1) is 9.01. The molecule has 0 aliphatic carbocycles. The predicted molar refractivity (Wildman–Crippen MR) is 44.4 cm³/mol. The number of hydrogen-bond acceptors (Lipinski definition) is 2. The first-order chi connectivity index (χ1) is 5.00. The van der Waals surface area contributed by atoms with Gasteiger partial charge in [0.25, 0.3) is 0 Å². The molecule has 1 unspecified atom stereocenters. The number of ether oxygens (including phenoxy) is 1. The van der Waals surface area contributed by atoms with Crippen molar-refractivity contribution in [2.75, 3.05) is 0 Å². The van der Waals surface area contributed by atoms with Crippen LogP contribution in [0.15, 0.2) is 0 Å². The molecule has 1 aliphatic rings. The Morgan fingerprint density at radius 2 is 2.09 bits per heavy atom. The third-order valence-electron chi connectivity index (χ3n) is 2.68. The van der Waals surface area contributed by atoms with Gasteiger partial charge in [0.1, 0.15) is 0 Å². The van der Waals surface area contributed by atoms with Crippen molar-refractivity contribution in [2.45, 2.75) is 52.4 Å². The van der Waals surface area contributed by atoms with E-state index < -0.39 is 0 Å². The van der Waals surface area contributed by atoms with Crippen molar-refractivity contribution in [2.24, 2.45) is 5.41 Å². The monoisotopic (exact) mass is 158 g/mol. The summed E-state index contributed by atoms with van der Waals surface area (Å²) in [7, 11) is 0. The summed E-state index contributed by atoms with van der Waals surface area (Å²) in [6.07, 6.45) is 1.07. The van der Waals surface area contributed by atoms with Crippen LogP contribution in [0.2, 0.25) is 0 Å². The van der Waals surface area contributed by atoms with Crippen LogP contribution in [0.1, 0.15) is 34.1 Å². The molecule has 1 fully saturated rings. The molecule has 0 saturated carbocycles. The molecule has 3 atom stereocenters. The van der Waals surface area contributed by atoms with Gasteiger partial charge in [0.15, 0.2) is 0 Å². The zero-order valence-corrected chi connectivity index (χ0v) is 7.79. The Labute approximate surface area is 68.6 Å². The van der Waals surface area contributed by atoms with Gasteiger partial charge in [-0.2, -0.15) is 0 Å². The van der Waals surface area contributed by atoms with Crippen LogP contribution in [0, 0.1) is 5.41 Å². The van der Waals surface area contributed by atoms with E-state index in [0.717, 1.165) is 6.42 Å². The van der Waals surface area contributed by atoms with Crippen LogP contribution in [0.5, 0.6) is 0 Å². The molecule has 0 amide bonds. The fourth-order valence-electron chi connectivity index (χ4n) is 2.00. The number of aliphatic hydroxyl groups excluding tert-OH is 1. The van der Waals surface area contributed by atoms with Gasteiger partial charge in [-0.05, 0) is 13.3 Å². The van der Waals surface area contributed by atoms with E-state index in [2.05, 4.69) is 20.8 Å². The summed E-state index contributed by atoms with van der Waals surface area (Å²) in [6.45, 7) is 8.22. The Morgan fingerprint density at radius 1 is 1.55 bits per heavy atom. The Balaban J connectivity index is 2.54. The second-order valence-electron chi connectivity index (χ2n) is 4.02. The summed E-state index contributed by atoms with van der Waals surface area (Å²) in [5, 5.41) is 9.30. The molecule has 2 heteroatoms. The maximum absolute atomic E-state index is 9.30. The Kier molecular flexibility index (Phi) is 2.26. The number of hydrogen-bond donors (Lipinski definition) is 1. The van der Waals surface area contributed by atoms with Gasteiger partial charge in [-0.3, -0.25) is 0 Å². The third-order valence-corrected chi connectivity index (χ3v) is 2.68. The van der Waals surface area contributed by atoms with E-state index in [9.17, 15) is 5.11 Å². The molecule has 0 aromatic rings.